The number of rotatable bonds is 15. The molecule has 1 unspecified atom stereocenters. The van der Waals surface area contributed by atoms with Gasteiger partial charge in [0.05, 0.1) is 0 Å². The molecule has 0 nitrogen and oxygen atoms in total. The average molecular weight is 451 g/mol. The van der Waals surface area contributed by atoms with Crippen molar-refractivity contribution in [2.75, 3.05) is 0 Å². The number of allylic oxidation sites excluding steroid dienone is 2. The molecule has 0 saturated heterocycles. The summed E-state index contributed by atoms with van der Waals surface area (Å²) >= 11 is 0. The molecule has 0 bridgehead atoms. The minimum Gasteiger partial charge on any atom is -0.0804 e. The quantitative estimate of drug-likeness (QED) is 0.233. The second-order valence-corrected chi connectivity index (χ2v) is 11.5. The lowest BCUT2D eigenvalue weighted by Crippen LogP contribution is -2.13. The monoisotopic (exact) mass is 450 g/mol. The molecule has 0 heteroatoms. The summed E-state index contributed by atoms with van der Waals surface area (Å²) in [6.07, 6.45) is 31.1. The molecule has 186 valence electrons. The van der Waals surface area contributed by atoms with Crippen LogP contribution in [0.15, 0.2) is 30.3 Å². The Bertz CT molecular complexity index is 643. The van der Waals surface area contributed by atoms with Crippen LogP contribution in [0.2, 0.25) is 0 Å². The van der Waals surface area contributed by atoms with Crippen molar-refractivity contribution in [1.29, 1.82) is 0 Å². The zero-order valence-corrected chi connectivity index (χ0v) is 22.3. The van der Waals surface area contributed by atoms with Gasteiger partial charge in [0.2, 0.25) is 0 Å². The molecule has 0 spiro atoms. The molecule has 33 heavy (non-hydrogen) atoms. The maximum atomic E-state index is 2.56. The first kappa shape index (κ1) is 26.6. The van der Waals surface area contributed by atoms with E-state index >= 15 is 0 Å². The predicted molar refractivity (Wildman–Crippen MR) is 148 cm³/mol. The second-order valence-electron chi connectivity index (χ2n) is 11.5. The average Bonchev–Trinajstić information content (AvgIpc) is 2.87. The van der Waals surface area contributed by atoms with Crippen LogP contribution in [0.25, 0.3) is 5.57 Å². The molecule has 1 saturated carbocycles. The maximum Gasteiger partial charge on any atom is -0.0162 e. The zero-order chi connectivity index (χ0) is 23.1. The molecule has 0 radical (unpaired) electrons. The topological polar surface area (TPSA) is 0 Å². The van der Waals surface area contributed by atoms with Gasteiger partial charge in [-0.1, -0.05) is 128 Å². The van der Waals surface area contributed by atoms with Crippen LogP contribution in [0.4, 0.5) is 0 Å². The minimum atomic E-state index is 0.817. The van der Waals surface area contributed by atoms with E-state index in [2.05, 4.69) is 44.2 Å². The van der Waals surface area contributed by atoms with Crippen LogP contribution >= 0.6 is 0 Å². The van der Waals surface area contributed by atoms with E-state index in [9.17, 15) is 0 Å². The molecule has 1 aromatic rings. The van der Waals surface area contributed by atoms with E-state index in [1.807, 2.05) is 0 Å². The summed E-state index contributed by atoms with van der Waals surface area (Å²) in [6, 6.07) is 9.80. The maximum absolute atomic E-state index is 2.56. The van der Waals surface area contributed by atoms with Crippen LogP contribution in [0, 0.1) is 11.8 Å². The fourth-order valence-corrected chi connectivity index (χ4v) is 6.42. The van der Waals surface area contributed by atoms with E-state index in [1.54, 1.807) is 11.1 Å². The molecule has 0 heterocycles. The number of hydrogen-bond donors (Lipinski definition) is 0. The number of hydrogen-bond acceptors (Lipinski definition) is 0. The first-order valence-electron chi connectivity index (χ1n) is 15.1. The van der Waals surface area contributed by atoms with Crippen molar-refractivity contribution >= 4 is 5.57 Å². The van der Waals surface area contributed by atoms with Crippen molar-refractivity contribution in [2.45, 2.75) is 148 Å². The molecular weight excluding hydrogens is 396 g/mol. The minimum absolute atomic E-state index is 0.817. The smallest absolute Gasteiger partial charge is 0.0162 e. The number of benzene rings is 1. The normalized spacial score (nSPS) is 23.5. The summed E-state index contributed by atoms with van der Waals surface area (Å²) in [6.45, 7) is 4.62. The zero-order valence-electron chi connectivity index (χ0n) is 22.3. The molecule has 1 fully saturated rings. The molecule has 1 atom stereocenters. The fourth-order valence-electron chi connectivity index (χ4n) is 6.42. The predicted octanol–water partition coefficient (Wildman–Crippen LogP) is 11.3. The van der Waals surface area contributed by atoms with Crippen molar-refractivity contribution in [1.82, 2.24) is 0 Å². The highest BCUT2D eigenvalue weighted by Gasteiger charge is 2.22. The lowest BCUT2D eigenvalue weighted by Gasteiger charge is -2.29. The van der Waals surface area contributed by atoms with E-state index in [1.165, 1.54) is 134 Å². The van der Waals surface area contributed by atoms with Gasteiger partial charge in [0.15, 0.2) is 0 Å². The van der Waals surface area contributed by atoms with Crippen LogP contribution < -0.4 is 0 Å². The van der Waals surface area contributed by atoms with Gasteiger partial charge in [-0.05, 0) is 79.4 Å². The third-order valence-corrected chi connectivity index (χ3v) is 8.80. The van der Waals surface area contributed by atoms with Crippen LogP contribution in [0.1, 0.15) is 159 Å². The van der Waals surface area contributed by atoms with Crippen LogP contribution in [-0.2, 0) is 0 Å². The van der Waals surface area contributed by atoms with Gasteiger partial charge >= 0.3 is 0 Å². The van der Waals surface area contributed by atoms with Gasteiger partial charge in [0, 0.05) is 0 Å². The summed E-state index contributed by atoms with van der Waals surface area (Å²) in [7, 11) is 0. The van der Waals surface area contributed by atoms with Gasteiger partial charge in [-0.3, -0.25) is 0 Å². The van der Waals surface area contributed by atoms with Gasteiger partial charge in [0.1, 0.15) is 0 Å². The molecule has 2 aliphatic carbocycles. The van der Waals surface area contributed by atoms with Gasteiger partial charge in [-0.25, -0.2) is 0 Å². The summed E-state index contributed by atoms with van der Waals surface area (Å²) < 4.78 is 0. The van der Waals surface area contributed by atoms with Crippen molar-refractivity contribution in [3.8, 4) is 0 Å². The van der Waals surface area contributed by atoms with Crippen molar-refractivity contribution in [3.63, 3.8) is 0 Å². The third kappa shape index (κ3) is 9.62. The molecule has 3 rings (SSSR count). The Kier molecular flexibility index (Phi) is 12.7. The first-order chi connectivity index (χ1) is 16.3. The van der Waals surface area contributed by atoms with E-state index in [4.69, 9.17) is 0 Å². The van der Waals surface area contributed by atoms with Gasteiger partial charge in [0.25, 0.3) is 0 Å². The molecule has 0 amide bonds. The standard InChI is InChI=1S/C33H54/c1-3-5-7-8-9-10-11-13-15-29-18-22-31(23-19-29)33-26-24-32(25-27-33)30-20-16-28(17-21-30)14-12-6-4-2/h20,24-29,31H,3-19,21-23H2,1-2H3. The third-order valence-electron chi connectivity index (χ3n) is 8.80. The van der Waals surface area contributed by atoms with E-state index in [0.717, 1.165) is 17.8 Å². The summed E-state index contributed by atoms with van der Waals surface area (Å²) in [5.41, 5.74) is 4.72. The Hall–Kier alpha value is -1.04. The lowest BCUT2D eigenvalue weighted by atomic mass is 9.76. The SMILES string of the molecule is CCCCCCCCCCC1CCC(c2ccc(C3=CCC(CCCCC)CC3)cc2)CC1. The van der Waals surface area contributed by atoms with E-state index in [0.29, 0.717) is 0 Å². The van der Waals surface area contributed by atoms with Crippen molar-refractivity contribution < 1.29 is 0 Å². The van der Waals surface area contributed by atoms with E-state index in [-0.39, 0.29) is 0 Å². The highest BCUT2D eigenvalue weighted by molar-refractivity contribution is 5.66. The first-order valence-corrected chi connectivity index (χ1v) is 15.1. The molecule has 0 aliphatic heterocycles. The Morgan fingerprint density at radius 3 is 1.82 bits per heavy atom. The van der Waals surface area contributed by atoms with Crippen molar-refractivity contribution in [3.05, 3.63) is 41.5 Å². The van der Waals surface area contributed by atoms with Crippen LogP contribution in [-0.4, -0.2) is 0 Å². The summed E-state index contributed by atoms with van der Waals surface area (Å²) in [5, 5.41) is 0. The van der Waals surface area contributed by atoms with Gasteiger partial charge < -0.3 is 0 Å². The highest BCUT2D eigenvalue weighted by Crippen LogP contribution is 2.39. The van der Waals surface area contributed by atoms with Gasteiger partial charge in [-0.15, -0.1) is 0 Å². The Morgan fingerprint density at radius 2 is 1.18 bits per heavy atom. The highest BCUT2D eigenvalue weighted by atomic mass is 14.3. The molecule has 2 aliphatic rings. The molecule has 0 N–H and O–H groups in total. The Balaban J connectivity index is 1.32. The fraction of sp³-hybridized carbons (Fsp3) is 0.758. The van der Waals surface area contributed by atoms with Gasteiger partial charge in [-0.2, -0.15) is 0 Å². The van der Waals surface area contributed by atoms with E-state index < -0.39 is 0 Å². The largest absolute Gasteiger partial charge is 0.0804 e. The Morgan fingerprint density at radius 1 is 0.606 bits per heavy atom. The molecular formula is C33H54. The van der Waals surface area contributed by atoms with Crippen LogP contribution in [0.3, 0.4) is 0 Å². The second kappa shape index (κ2) is 15.8. The molecule has 1 aromatic carbocycles. The summed E-state index contributed by atoms with van der Waals surface area (Å²) in [4.78, 5) is 0. The Labute approximate surface area is 207 Å². The summed E-state index contributed by atoms with van der Waals surface area (Å²) in [5.74, 6) is 2.77. The number of unbranched alkanes of at least 4 members (excludes halogenated alkanes) is 9. The molecule has 0 aromatic heterocycles. The van der Waals surface area contributed by atoms with Crippen molar-refractivity contribution in [2.24, 2.45) is 11.8 Å². The van der Waals surface area contributed by atoms with Crippen LogP contribution in [0.5, 0.6) is 0 Å². The lowest BCUT2D eigenvalue weighted by molar-refractivity contribution is 0.301.